The average molecular weight is 311 g/mol. The van der Waals surface area contributed by atoms with Crippen molar-refractivity contribution in [1.29, 1.82) is 0 Å². The fourth-order valence-electron chi connectivity index (χ4n) is 1.71. The van der Waals surface area contributed by atoms with Crippen LogP contribution in [-0.2, 0) is 16.0 Å². The lowest BCUT2D eigenvalue weighted by Gasteiger charge is -2.15. The standard InChI is InChI=1S/C13H15BrN2O2/c14-10-5-1-8(2-6-10)7-11(12(15)17)16-13(18)9-3-4-9/h1-2,5-6,9,11H,3-4,7H2,(H2,15,17)(H,16,18)/t11-/m1/s1. The summed E-state index contributed by atoms with van der Waals surface area (Å²) < 4.78 is 0.976. The van der Waals surface area contributed by atoms with Crippen LogP contribution >= 0.6 is 15.9 Å². The molecular weight excluding hydrogens is 296 g/mol. The van der Waals surface area contributed by atoms with E-state index in [9.17, 15) is 9.59 Å². The smallest absolute Gasteiger partial charge is 0.240 e. The van der Waals surface area contributed by atoms with Crippen LogP contribution in [0.3, 0.4) is 0 Å². The van der Waals surface area contributed by atoms with Crippen molar-refractivity contribution >= 4 is 27.7 Å². The lowest BCUT2D eigenvalue weighted by atomic mass is 10.1. The van der Waals surface area contributed by atoms with Crippen LogP contribution in [0, 0.1) is 5.92 Å². The van der Waals surface area contributed by atoms with Crippen molar-refractivity contribution in [2.24, 2.45) is 11.7 Å². The van der Waals surface area contributed by atoms with E-state index in [1.54, 1.807) is 0 Å². The molecule has 0 heterocycles. The summed E-state index contributed by atoms with van der Waals surface area (Å²) in [5.74, 6) is -0.473. The van der Waals surface area contributed by atoms with E-state index >= 15 is 0 Å². The number of nitrogens with one attached hydrogen (secondary N) is 1. The number of halogens is 1. The third-order valence-corrected chi connectivity index (χ3v) is 3.49. The third-order valence-electron chi connectivity index (χ3n) is 2.96. The Balaban J connectivity index is 1.99. The van der Waals surface area contributed by atoms with Crippen molar-refractivity contribution in [3.63, 3.8) is 0 Å². The number of primary amides is 1. The topological polar surface area (TPSA) is 72.2 Å². The number of rotatable bonds is 5. The number of hydrogen-bond donors (Lipinski definition) is 2. The predicted octanol–water partition coefficient (Wildman–Crippen LogP) is 1.37. The normalized spacial score (nSPS) is 16.1. The maximum absolute atomic E-state index is 11.6. The first-order chi connectivity index (χ1) is 8.56. The second-order valence-corrected chi connectivity index (χ2v) is 5.48. The van der Waals surface area contributed by atoms with Crippen LogP contribution in [0.1, 0.15) is 18.4 Å². The van der Waals surface area contributed by atoms with Gasteiger partial charge in [-0.1, -0.05) is 28.1 Å². The van der Waals surface area contributed by atoms with Crippen molar-refractivity contribution in [3.05, 3.63) is 34.3 Å². The molecule has 0 saturated heterocycles. The molecule has 2 rings (SSSR count). The lowest BCUT2D eigenvalue weighted by Crippen LogP contribution is -2.46. The largest absolute Gasteiger partial charge is 0.368 e. The van der Waals surface area contributed by atoms with Crippen LogP contribution in [-0.4, -0.2) is 17.9 Å². The third kappa shape index (κ3) is 3.57. The van der Waals surface area contributed by atoms with Gasteiger partial charge in [0.25, 0.3) is 0 Å². The predicted molar refractivity (Wildman–Crippen MR) is 71.7 cm³/mol. The summed E-state index contributed by atoms with van der Waals surface area (Å²) in [6.07, 6.45) is 2.26. The van der Waals surface area contributed by atoms with Gasteiger partial charge in [-0.3, -0.25) is 9.59 Å². The van der Waals surface area contributed by atoms with Gasteiger partial charge in [-0.2, -0.15) is 0 Å². The molecule has 0 unspecified atom stereocenters. The quantitative estimate of drug-likeness (QED) is 0.862. The van der Waals surface area contributed by atoms with Gasteiger partial charge >= 0.3 is 0 Å². The Bertz CT molecular complexity index is 455. The van der Waals surface area contributed by atoms with Crippen molar-refractivity contribution in [3.8, 4) is 0 Å². The van der Waals surface area contributed by atoms with Crippen LogP contribution in [0.15, 0.2) is 28.7 Å². The number of amides is 2. The molecule has 0 radical (unpaired) electrons. The molecule has 5 heteroatoms. The first kappa shape index (κ1) is 13.1. The van der Waals surface area contributed by atoms with Crippen LogP contribution in [0.4, 0.5) is 0 Å². The molecule has 0 bridgehead atoms. The van der Waals surface area contributed by atoms with E-state index < -0.39 is 11.9 Å². The second kappa shape index (κ2) is 5.52. The highest BCUT2D eigenvalue weighted by atomic mass is 79.9. The summed E-state index contributed by atoms with van der Waals surface area (Å²) in [5.41, 5.74) is 6.29. The summed E-state index contributed by atoms with van der Waals surface area (Å²) in [7, 11) is 0. The van der Waals surface area contributed by atoms with Gasteiger partial charge in [0.05, 0.1) is 0 Å². The molecular formula is C13H15BrN2O2. The zero-order valence-electron chi connectivity index (χ0n) is 9.86. The van der Waals surface area contributed by atoms with E-state index in [4.69, 9.17) is 5.73 Å². The van der Waals surface area contributed by atoms with E-state index in [1.165, 1.54) is 0 Å². The van der Waals surface area contributed by atoms with Gasteiger partial charge < -0.3 is 11.1 Å². The Morgan fingerprint density at radius 2 is 1.94 bits per heavy atom. The van der Waals surface area contributed by atoms with Gasteiger partial charge in [-0.25, -0.2) is 0 Å². The Hall–Kier alpha value is -1.36. The fourth-order valence-corrected chi connectivity index (χ4v) is 1.98. The first-order valence-electron chi connectivity index (χ1n) is 5.90. The summed E-state index contributed by atoms with van der Waals surface area (Å²) in [5, 5.41) is 2.72. The van der Waals surface area contributed by atoms with Crippen molar-refractivity contribution in [2.75, 3.05) is 0 Å². The monoisotopic (exact) mass is 310 g/mol. The van der Waals surface area contributed by atoms with Crippen LogP contribution in [0.5, 0.6) is 0 Å². The molecule has 1 aromatic carbocycles. The summed E-state index contributed by atoms with van der Waals surface area (Å²) >= 11 is 3.35. The molecule has 1 saturated carbocycles. The molecule has 1 aliphatic rings. The van der Waals surface area contributed by atoms with E-state index in [0.29, 0.717) is 6.42 Å². The molecule has 1 fully saturated rings. The van der Waals surface area contributed by atoms with Crippen molar-refractivity contribution in [1.82, 2.24) is 5.32 Å². The van der Waals surface area contributed by atoms with Crippen LogP contribution < -0.4 is 11.1 Å². The molecule has 2 amide bonds. The molecule has 18 heavy (non-hydrogen) atoms. The number of carbonyl (C=O) groups excluding carboxylic acids is 2. The molecule has 1 atom stereocenters. The minimum Gasteiger partial charge on any atom is -0.368 e. The van der Waals surface area contributed by atoms with Gasteiger partial charge in [0.15, 0.2) is 0 Å². The molecule has 0 aliphatic heterocycles. The van der Waals surface area contributed by atoms with Crippen molar-refractivity contribution in [2.45, 2.75) is 25.3 Å². The van der Waals surface area contributed by atoms with Crippen molar-refractivity contribution < 1.29 is 9.59 Å². The zero-order valence-corrected chi connectivity index (χ0v) is 11.4. The maximum atomic E-state index is 11.6. The molecule has 1 aliphatic carbocycles. The summed E-state index contributed by atoms with van der Waals surface area (Å²) in [6.45, 7) is 0. The summed E-state index contributed by atoms with van der Waals surface area (Å²) in [4.78, 5) is 23.0. The lowest BCUT2D eigenvalue weighted by molar-refractivity contribution is -0.128. The minimum atomic E-state index is -0.626. The Kier molecular flexibility index (Phi) is 4.01. The second-order valence-electron chi connectivity index (χ2n) is 4.57. The zero-order chi connectivity index (χ0) is 13.1. The van der Waals surface area contributed by atoms with Crippen LogP contribution in [0.2, 0.25) is 0 Å². The van der Waals surface area contributed by atoms with Gasteiger partial charge in [0.1, 0.15) is 6.04 Å². The molecule has 3 N–H and O–H groups in total. The highest BCUT2D eigenvalue weighted by Gasteiger charge is 2.32. The summed E-state index contributed by atoms with van der Waals surface area (Å²) in [6, 6.07) is 6.98. The van der Waals surface area contributed by atoms with Crippen LogP contribution in [0.25, 0.3) is 0 Å². The number of benzene rings is 1. The highest BCUT2D eigenvalue weighted by Crippen LogP contribution is 2.29. The average Bonchev–Trinajstić information content (AvgIpc) is 3.14. The Morgan fingerprint density at radius 1 is 1.33 bits per heavy atom. The molecule has 4 nitrogen and oxygen atoms in total. The Labute approximate surface area is 114 Å². The SMILES string of the molecule is NC(=O)[C@@H](Cc1ccc(Br)cc1)NC(=O)C1CC1. The maximum Gasteiger partial charge on any atom is 0.240 e. The Morgan fingerprint density at radius 3 is 2.44 bits per heavy atom. The molecule has 1 aromatic rings. The van der Waals surface area contributed by atoms with E-state index in [0.717, 1.165) is 22.9 Å². The first-order valence-corrected chi connectivity index (χ1v) is 6.69. The van der Waals surface area contributed by atoms with Gasteiger partial charge in [-0.05, 0) is 30.5 Å². The van der Waals surface area contributed by atoms with Gasteiger partial charge in [0.2, 0.25) is 11.8 Å². The van der Waals surface area contributed by atoms with E-state index in [1.807, 2.05) is 24.3 Å². The fraction of sp³-hybridized carbons (Fsp3) is 0.385. The van der Waals surface area contributed by atoms with E-state index in [-0.39, 0.29) is 11.8 Å². The number of nitrogens with two attached hydrogens (primary N) is 1. The number of carbonyl (C=O) groups is 2. The highest BCUT2D eigenvalue weighted by molar-refractivity contribution is 9.10. The molecule has 0 aromatic heterocycles. The van der Waals surface area contributed by atoms with Gasteiger partial charge in [0, 0.05) is 16.8 Å². The van der Waals surface area contributed by atoms with Gasteiger partial charge in [-0.15, -0.1) is 0 Å². The number of hydrogen-bond acceptors (Lipinski definition) is 2. The minimum absolute atomic E-state index is 0.0593. The molecule has 0 spiro atoms. The molecule has 96 valence electrons. The van der Waals surface area contributed by atoms with E-state index in [2.05, 4.69) is 21.2 Å².